The second-order valence-corrected chi connectivity index (χ2v) is 4.08. The van der Waals surface area contributed by atoms with Gasteiger partial charge in [0.05, 0.1) is 0 Å². The van der Waals surface area contributed by atoms with Gasteiger partial charge >= 0.3 is 0 Å². The van der Waals surface area contributed by atoms with E-state index < -0.39 is 0 Å². The maximum atomic E-state index is 4.18. The van der Waals surface area contributed by atoms with Gasteiger partial charge in [-0.25, -0.2) is 0 Å². The summed E-state index contributed by atoms with van der Waals surface area (Å²) in [6.45, 7) is 10.7. The summed E-state index contributed by atoms with van der Waals surface area (Å²) in [6.07, 6.45) is 5.23. The van der Waals surface area contributed by atoms with E-state index in [0.29, 0.717) is 0 Å². The van der Waals surface area contributed by atoms with Crippen LogP contribution < -0.4 is 0 Å². The molecule has 1 aromatic carbocycles. The van der Waals surface area contributed by atoms with E-state index in [0.717, 1.165) is 6.42 Å². The summed E-state index contributed by atoms with van der Waals surface area (Å²) in [7, 11) is 0. The molecule has 80 valence electrons. The van der Waals surface area contributed by atoms with Gasteiger partial charge in [-0.1, -0.05) is 62.9 Å². The molecule has 0 saturated heterocycles. The van der Waals surface area contributed by atoms with Crippen molar-refractivity contribution in [1.29, 1.82) is 0 Å². The van der Waals surface area contributed by atoms with Crippen molar-refractivity contribution in [3.8, 4) is 0 Å². The molecular formula is C15H20. The van der Waals surface area contributed by atoms with Gasteiger partial charge in [0.15, 0.2) is 0 Å². The molecule has 15 heavy (non-hydrogen) atoms. The third-order valence-electron chi connectivity index (χ3n) is 3.19. The number of allylic oxidation sites excluding steroid dienone is 3. The Morgan fingerprint density at radius 1 is 1.33 bits per heavy atom. The number of hydrogen-bond acceptors (Lipinski definition) is 0. The average Bonchev–Trinajstić information content (AvgIpc) is 2.29. The van der Waals surface area contributed by atoms with Crippen molar-refractivity contribution in [3.05, 3.63) is 60.2 Å². The van der Waals surface area contributed by atoms with Gasteiger partial charge in [0.25, 0.3) is 0 Å². The molecule has 0 amide bonds. The van der Waals surface area contributed by atoms with E-state index in [4.69, 9.17) is 0 Å². The monoisotopic (exact) mass is 200 g/mol. The zero-order valence-electron chi connectivity index (χ0n) is 9.96. The molecule has 0 spiro atoms. The van der Waals surface area contributed by atoms with E-state index in [2.05, 4.69) is 62.9 Å². The Bertz CT molecular complexity index is 346. The van der Waals surface area contributed by atoms with Gasteiger partial charge in [-0.15, -0.1) is 0 Å². The molecular weight excluding hydrogens is 180 g/mol. The maximum Gasteiger partial charge on any atom is 0.0166 e. The molecule has 0 saturated carbocycles. The normalized spacial score (nSPS) is 15.1. The van der Waals surface area contributed by atoms with Crippen LogP contribution >= 0.6 is 0 Å². The van der Waals surface area contributed by atoms with Crippen LogP contribution in [0.15, 0.2) is 54.6 Å². The highest BCUT2D eigenvalue weighted by molar-refractivity contribution is 5.38. The summed E-state index contributed by atoms with van der Waals surface area (Å²) in [4.78, 5) is 0. The first-order valence-corrected chi connectivity index (χ1v) is 5.52. The molecule has 0 heterocycles. The first kappa shape index (κ1) is 11.8. The minimum Gasteiger partial charge on any atom is -0.0949 e. The van der Waals surface area contributed by atoms with E-state index in [1.807, 2.05) is 6.92 Å². The van der Waals surface area contributed by atoms with E-state index >= 15 is 0 Å². The Morgan fingerprint density at radius 3 is 2.40 bits per heavy atom. The van der Waals surface area contributed by atoms with E-state index in [9.17, 15) is 0 Å². The van der Waals surface area contributed by atoms with Crippen molar-refractivity contribution in [1.82, 2.24) is 0 Å². The lowest BCUT2D eigenvalue weighted by Gasteiger charge is -2.30. The molecule has 0 aromatic heterocycles. The lowest BCUT2D eigenvalue weighted by molar-refractivity contribution is 0.550. The van der Waals surface area contributed by atoms with Crippen LogP contribution in [0.4, 0.5) is 0 Å². The highest BCUT2D eigenvalue weighted by Crippen LogP contribution is 2.34. The molecule has 1 unspecified atom stereocenters. The molecule has 0 aliphatic carbocycles. The van der Waals surface area contributed by atoms with Gasteiger partial charge in [-0.2, -0.15) is 0 Å². The Hall–Kier alpha value is -1.30. The Morgan fingerprint density at radius 2 is 1.93 bits per heavy atom. The Balaban J connectivity index is 3.11. The van der Waals surface area contributed by atoms with Crippen molar-refractivity contribution in [2.24, 2.45) is 0 Å². The fraction of sp³-hybridized carbons (Fsp3) is 0.333. The SMILES string of the molecule is C=C(/C=C\C)C(C)(CC)c1ccccc1. The highest BCUT2D eigenvalue weighted by atomic mass is 14.3. The van der Waals surface area contributed by atoms with Crippen LogP contribution in [0.1, 0.15) is 32.8 Å². The summed E-state index contributed by atoms with van der Waals surface area (Å²) in [6, 6.07) is 10.6. The van der Waals surface area contributed by atoms with Crippen LogP contribution in [0.25, 0.3) is 0 Å². The zero-order chi connectivity index (χ0) is 11.3. The quantitative estimate of drug-likeness (QED) is 0.628. The first-order chi connectivity index (χ1) is 7.15. The molecule has 0 bridgehead atoms. The van der Waals surface area contributed by atoms with Crippen LogP contribution in [0, 0.1) is 0 Å². The number of benzene rings is 1. The smallest absolute Gasteiger partial charge is 0.0166 e. The van der Waals surface area contributed by atoms with E-state index in [1.54, 1.807) is 0 Å². The van der Waals surface area contributed by atoms with Gasteiger partial charge in [0, 0.05) is 5.41 Å². The number of hydrogen-bond donors (Lipinski definition) is 0. The Kier molecular flexibility index (Phi) is 3.90. The van der Waals surface area contributed by atoms with Gasteiger partial charge < -0.3 is 0 Å². The summed E-state index contributed by atoms with van der Waals surface area (Å²) in [5.74, 6) is 0. The minimum absolute atomic E-state index is 0.0633. The molecule has 0 heteroatoms. The summed E-state index contributed by atoms with van der Waals surface area (Å²) < 4.78 is 0. The van der Waals surface area contributed by atoms with Crippen LogP contribution in [-0.2, 0) is 5.41 Å². The van der Waals surface area contributed by atoms with Crippen molar-refractivity contribution in [2.45, 2.75) is 32.6 Å². The molecule has 0 fully saturated rings. The fourth-order valence-corrected chi connectivity index (χ4v) is 1.81. The molecule has 0 aliphatic heterocycles. The lowest BCUT2D eigenvalue weighted by atomic mass is 9.74. The van der Waals surface area contributed by atoms with Crippen LogP contribution in [0.2, 0.25) is 0 Å². The van der Waals surface area contributed by atoms with Crippen molar-refractivity contribution >= 4 is 0 Å². The van der Waals surface area contributed by atoms with Gasteiger partial charge in [0.2, 0.25) is 0 Å². The third kappa shape index (κ3) is 2.38. The lowest BCUT2D eigenvalue weighted by Crippen LogP contribution is -2.22. The van der Waals surface area contributed by atoms with Crippen LogP contribution in [0.5, 0.6) is 0 Å². The standard InChI is InChI=1S/C15H20/c1-5-10-13(3)15(4,6-2)14-11-8-7-9-12-14/h5,7-12H,3,6H2,1-2,4H3/b10-5-. The molecule has 0 aliphatic rings. The molecule has 0 radical (unpaired) electrons. The molecule has 0 N–H and O–H groups in total. The summed E-state index contributed by atoms with van der Waals surface area (Å²) in [5, 5.41) is 0. The van der Waals surface area contributed by atoms with Gasteiger partial charge in [-0.3, -0.25) is 0 Å². The topological polar surface area (TPSA) is 0 Å². The van der Waals surface area contributed by atoms with Crippen molar-refractivity contribution < 1.29 is 0 Å². The molecule has 1 rings (SSSR count). The minimum atomic E-state index is 0.0633. The van der Waals surface area contributed by atoms with Crippen LogP contribution in [0.3, 0.4) is 0 Å². The van der Waals surface area contributed by atoms with Gasteiger partial charge in [0.1, 0.15) is 0 Å². The predicted octanol–water partition coefficient (Wildman–Crippen LogP) is 4.49. The van der Waals surface area contributed by atoms with E-state index in [1.165, 1.54) is 11.1 Å². The Labute approximate surface area is 93.3 Å². The van der Waals surface area contributed by atoms with Crippen LogP contribution in [-0.4, -0.2) is 0 Å². The predicted molar refractivity (Wildman–Crippen MR) is 68.0 cm³/mol. The fourth-order valence-electron chi connectivity index (χ4n) is 1.81. The molecule has 1 atom stereocenters. The summed E-state index contributed by atoms with van der Waals surface area (Å²) >= 11 is 0. The molecule has 1 aromatic rings. The average molecular weight is 200 g/mol. The second kappa shape index (κ2) is 4.97. The highest BCUT2D eigenvalue weighted by Gasteiger charge is 2.25. The summed E-state index contributed by atoms with van der Waals surface area (Å²) in [5.41, 5.74) is 2.59. The zero-order valence-corrected chi connectivity index (χ0v) is 9.96. The second-order valence-electron chi connectivity index (χ2n) is 4.08. The number of rotatable bonds is 4. The largest absolute Gasteiger partial charge is 0.0949 e. The third-order valence-corrected chi connectivity index (χ3v) is 3.19. The maximum absolute atomic E-state index is 4.18. The van der Waals surface area contributed by atoms with Crippen molar-refractivity contribution in [2.75, 3.05) is 0 Å². The van der Waals surface area contributed by atoms with Gasteiger partial charge in [-0.05, 0) is 24.5 Å². The van der Waals surface area contributed by atoms with Crippen molar-refractivity contribution in [3.63, 3.8) is 0 Å². The first-order valence-electron chi connectivity index (χ1n) is 5.52. The molecule has 0 nitrogen and oxygen atoms in total. The van der Waals surface area contributed by atoms with E-state index in [-0.39, 0.29) is 5.41 Å².